The Morgan fingerprint density at radius 2 is 1.71 bits per heavy atom. The molecular weight excluding hydrogens is 176 g/mol. The SMILES string of the molecule is CCN(CC)CCN(C)CCC[C]=O. The van der Waals surface area contributed by atoms with E-state index in [1.807, 2.05) is 6.29 Å². The number of nitrogens with zero attached hydrogens (tertiary/aromatic N) is 2. The van der Waals surface area contributed by atoms with Crippen LogP contribution in [-0.2, 0) is 4.79 Å². The lowest BCUT2D eigenvalue weighted by atomic mass is 10.3. The Labute approximate surface area is 88.1 Å². The van der Waals surface area contributed by atoms with Crippen LogP contribution in [0.2, 0.25) is 0 Å². The maximum atomic E-state index is 9.99. The van der Waals surface area contributed by atoms with Gasteiger partial charge in [0, 0.05) is 19.5 Å². The molecule has 0 rings (SSSR count). The van der Waals surface area contributed by atoms with Crippen LogP contribution in [0.1, 0.15) is 26.7 Å². The fourth-order valence-electron chi connectivity index (χ4n) is 1.38. The molecule has 0 unspecified atom stereocenters. The fourth-order valence-corrected chi connectivity index (χ4v) is 1.38. The summed E-state index contributed by atoms with van der Waals surface area (Å²) in [5.41, 5.74) is 0. The highest BCUT2D eigenvalue weighted by Gasteiger charge is 2.01. The van der Waals surface area contributed by atoms with Crippen LogP contribution >= 0.6 is 0 Å². The number of hydrogen-bond donors (Lipinski definition) is 0. The van der Waals surface area contributed by atoms with Crippen LogP contribution in [-0.4, -0.2) is 55.9 Å². The Bertz CT molecular complexity index is 135. The van der Waals surface area contributed by atoms with Crippen molar-refractivity contribution < 1.29 is 4.79 Å². The van der Waals surface area contributed by atoms with Crippen molar-refractivity contribution in [2.24, 2.45) is 0 Å². The Morgan fingerprint density at radius 3 is 2.21 bits per heavy atom. The van der Waals surface area contributed by atoms with E-state index in [4.69, 9.17) is 0 Å². The molecule has 0 bridgehead atoms. The van der Waals surface area contributed by atoms with Crippen LogP contribution in [0.3, 0.4) is 0 Å². The molecule has 83 valence electrons. The molecule has 3 heteroatoms. The zero-order valence-corrected chi connectivity index (χ0v) is 9.75. The smallest absolute Gasteiger partial charge is 0.198 e. The van der Waals surface area contributed by atoms with E-state index in [0.717, 1.165) is 39.1 Å². The molecule has 0 fully saturated rings. The normalized spacial score (nSPS) is 11.2. The average molecular weight is 199 g/mol. The predicted octanol–water partition coefficient (Wildman–Crippen LogP) is 1.15. The summed E-state index contributed by atoms with van der Waals surface area (Å²) in [6, 6.07) is 0. The molecule has 0 saturated heterocycles. The maximum absolute atomic E-state index is 9.99. The molecular formula is C11H23N2O. The first-order valence-electron chi connectivity index (χ1n) is 5.50. The summed E-state index contributed by atoms with van der Waals surface area (Å²) < 4.78 is 0. The number of rotatable bonds is 9. The Hall–Kier alpha value is -0.410. The van der Waals surface area contributed by atoms with Gasteiger partial charge in [0.15, 0.2) is 6.29 Å². The molecule has 1 radical (unpaired) electrons. The van der Waals surface area contributed by atoms with Gasteiger partial charge in [0.25, 0.3) is 0 Å². The van der Waals surface area contributed by atoms with Gasteiger partial charge in [-0.15, -0.1) is 0 Å². The number of unbranched alkanes of at least 4 members (excludes halogenated alkanes) is 1. The molecule has 14 heavy (non-hydrogen) atoms. The van der Waals surface area contributed by atoms with E-state index < -0.39 is 0 Å². The number of likely N-dealkylation sites (N-methyl/N-ethyl adjacent to an activating group) is 2. The van der Waals surface area contributed by atoms with E-state index in [1.165, 1.54) is 0 Å². The third-order valence-corrected chi connectivity index (χ3v) is 2.51. The van der Waals surface area contributed by atoms with Crippen molar-refractivity contribution >= 4 is 6.29 Å². The molecule has 0 amide bonds. The first-order chi connectivity index (χ1) is 6.74. The van der Waals surface area contributed by atoms with Crippen molar-refractivity contribution in [3.8, 4) is 0 Å². The van der Waals surface area contributed by atoms with Gasteiger partial charge >= 0.3 is 0 Å². The van der Waals surface area contributed by atoms with E-state index in [1.54, 1.807) is 0 Å². The van der Waals surface area contributed by atoms with Gasteiger partial charge in [0.2, 0.25) is 0 Å². The summed E-state index contributed by atoms with van der Waals surface area (Å²) in [7, 11) is 2.11. The van der Waals surface area contributed by atoms with Gasteiger partial charge in [0.1, 0.15) is 0 Å². The minimum atomic E-state index is 0.565. The second kappa shape index (κ2) is 9.16. The lowest BCUT2D eigenvalue weighted by molar-refractivity contribution is 0.240. The molecule has 0 spiro atoms. The van der Waals surface area contributed by atoms with Gasteiger partial charge in [0.05, 0.1) is 0 Å². The first kappa shape index (κ1) is 13.6. The largest absolute Gasteiger partial charge is 0.305 e. The molecule has 0 atom stereocenters. The maximum Gasteiger partial charge on any atom is 0.198 e. The van der Waals surface area contributed by atoms with Gasteiger partial charge in [-0.05, 0) is 33.1 Å². The van der Waals surface area contributed by atoms with Crippen LogP contribution in [0.15, 0.2) is 0 Å². The van der Waals surface area contributed by atoms with Crippen molar-refractivity contribution in [2.75, 3.05) is 39.8 Å². The molecule has 0 aromatic heterocycles. The third-order valence-electron chi connectivity index (χ3n) is 2.51. The van der Waals surface area contributed by atoms with Crippen molar-refractivity contribution in [2.45, 2.75) is 26.7 Å². The van der Waals surface area contributed by atoms with Crippen LogP contribution in [0, 0.1) is 0 Å². The Morgan fingerprint density at radius 1 is 1.07 bits per heavy atom. The summed E-state index contributed by atoms with van der Waals surface area (Å²) in [4.78, 5) is 14.7. The topological polar surface area (TPSA) is 23.6 Å². The second-order valence-corrected chi connectivity index (χ2v) is 3.58. The van der Waals surface area contributed by atoms with Crippen LogP contribution in [0.25, 0.3) is 0 Å². The molecule has 0 aliphatic heterocycles. The average Bonchev–Trinajstić information content (AvgIpc) is 2.20. The van der Waals surface area contributed by atoms with Gasteiger partial charge in [-0.2, -0.15) is 0 Å². The van der Waals surface area contributed by atoms with Gasteiger partial charge in [-0.3, -0.25) is 4.79 Å². The molecule has 0 aromatic carbocycles. The minimum absolute atomic E-state index is 0.565. The quantitative estimate of drug-likeness (QED) is 0.520. The summed E-state index contributed by atoms with van der Waals surface area (Å²) in [6.07, 6.45) is 3.42. The van der Waals surface area contributed by atoms with Crippen molar-refractivity contribution in [1.82, 2.24) is 9.80 Å². The molecule has 0 heterocycles. The monoisotopic (exact) mass is 199 g/mol. The van der Waals surface area contributed by atoms with Crippen molar-refractivity contribution in [1.29, 1.82) is 0 Å². The zero-order valence-electron chi connectivity index (χ0n) is 9.75. The van der Waals surface area contributed by atoms with Gasteiger partial charge in [-0.25, -0.2) is 0 Å². The third kappa shape index (κ3) is 7.04. The summed E-state index contributed by atoms with van der Waals surface area (Å²) in [5, 5.41) is 0. The predicted molar refractivity (Wildman–Crippen MR) is 60.2 cm³/mol. The second-order valence-electron chi connectivity index (χ2n) is 3.58. The van der Waals surface area contributed by atoms with Crippen molar-refractivity contribution in [3.05, 3.63) is 0 Å². The van der Waals surface area contributed by atoms with Gasteiger partial charge < -0.3 is 9.80 Å². The molecule has 3 nitrogen and oxygen atoms in total. The number of hydrogen-bond acceptors (Lipinski definition) is 3. The van der Waals surface area contributed by atoms with Crippen LogP contribution in [0.5, 0.6) is 0 Å². The van der Waals surface area contributed by atoms with E-state index in [9.17, 15) is 4.79 Å². The Kier molecular flexibility index (Phi) is 8.89. The Balaban J connectivity index is 3.41. The number of carbonyl (C=O) groups excluding carboxylic acids is 1. The highest BCUT2D eigenvalue weighted by Crippen LogP contribution is 1.92. The summed E-state index contributed by atoms with van der Waals surface area (Å²) in [5.74, 6) is 0. The van der Waals surface area contributed by atoms with Crippen LogP contribution in [0.4, 0.5) is 0 Å². The highest BCUT2D eigenvalue weighted by atomic mass is 16.1. The molecule has 0 aromatic rings. The highest BCUT2D eigenvalue weighted by molar-refractivity contribution is 5.50. The van der Waals surface area contributed by atoms with E-state index in [0.29, 0.717) is 6.42 Å². The van der Waals surface area contributed by atoms with Gasteiger partial charge in [-0.1, -0.05) is 13.8 Å². The standard InChI is InChI=1S/C11H23N2O/c1-4-13(5-2)10-9-12(3)8-6-7-11-14/h4-10H2,1-3H3. The summed E-state index contributed by atoms with van der Waals surface area (Å²) in [6.45, 7) is 9.81. The summed E-state index contributed by atoms with van der Waals surface area (Å²) >= 11 is 0. The van der Waals surface area contributed by atoms with E-state index in [2.05, 4.69) is 30.7 Å². The van der Waals surface area contributed by atoms with E-state index >= 15 is 0 Å². The lowest BCUT2D eigenvalue weighted by Gasteiger charge is -2.22. The van der Waals surface area contributed by atoms with E-state index in [-0.39, 0.29) is 0 Å². The lowest BCUT2D eigenvalue weighted by Crippen LogP contribution is -2.33. The first-order valence-corrected chi connectivity index (χ1v) is 5.50. The molecule has 0 aliphatic carbocycles. The van der Waals surface area contributed by atoms with Crippen LogP contribution < -0.4 is 0 Å². The molecule has 0 aliphatic rings. The van der Waals surface area contributed by atoms with Crippen molar-refractivity contribution in [3.63, 3.8) is 0 Å². The molecule has 0 saturated carbocycles. The fraction of sp³-hybridized carbons (Fsp3) is 0.909. The zero-order chi connectivity index (χ0) is 10.8. The molecule has 0 N–H and O–H groups in total. The minimum Gasteiger partial charge on any atom is -0.305 e.